The van der Waals surface area contributed by atoms with E-state index in [-0.39, 0.29) is 17.4 Å². The van der Waals surface area contributed by atoms with Crippen LogP contribution in [0.5, 0.6) is 0 Å². The quantitative estimate of drug-likeness (QED) is 0.613. The predicted octanol–water partition coefficient (Wildman–Crippen LogP) is 0.173. The van der Waals surface area contributed by atoms with Gasteiger partial charge in [0.2, 0.25) is 5.91 Å². The van der Waals surface area contributed by atoms with Crippen LogP contribution in [0.4, 0.5) is 0 Å². The van der Waals surface area contributed by atoms with Crippen LogP contribution in [0.3, 0.4) is 0 Å². The van der Waals surface area contributed by atoms with Crippen molar-refractivity contribution in [1.29, 1.82) is 0 Å². The van der Waals surface area contributed by atoms with Crippen LogP contribution in [0, 0.1) is 5.41 Å². The lowest BCUT2D eigenvalue weighted by atomic mass is 9.92. The number of sulfone groups is 1. The third-order valence-electron chi connectivity index (χ3n) is 2.66. The molecule has 0 saturated heterocycles. The molecule has 0 aliphatic rings. The fourth-order valence-corrected chi connectivity index (χ4v) is 2.25. The van der Waals surface area contributed by atoms with Crippen molar-refractivity contribution in [2.75, 3.05) is 31.6 Å². The van der Waals surface area contributed by atoms with E-state index in [9.17, 15) is 13.2 Å². The lowest BCUT2D eigenvalue weighted by Gasteiger charge is -2.22. The Morgan fingerprint density at radius 2 is 1.88 bits per heavy atom. The van der Waals surface area contributed by atoms with E-state index in [1.807, 2.05) is 13.8 Å². The fraction of sp³-hybridized carbons (Fsp3) is 0.909. The molecule has 0 rings (SSSR count). The van der Waals surface area contributed by atoms with Crippen LogP contribution in [0.25, 0.3) is 0 Å². The van der Waals surface area contributed by atoms with Crippen molar-refractivity contribution in [3.63, 3.8) is 0 Å². The maximum atomic E-state index is 11.5. The van der Waals surface area contributed by atoms with Gasteiger partial charge in [0.1, 0.15) is 9.84 Å². The summed E-state index contributed by atoms with van der Waals surface area (Å²) in [7, 11) is -1.27. The van der Waals surface area contributed by atoms with Gasteiger partial charge in [-0.25, -0.2) is 8.42 Å². The Labute approximate surface area is 104 Å². The van der Waals surface area contributed by atoms with Crippen LogP contribution >= 0.6 is 0 Å². The minimum absolute atomic E-state index is 0.0221. The fourth-order valence-electron chi connectivity index (χ4n) is 1.38. The minimum Gasteiger partial charge on any atom is -0.359 e. The van der Waals surface area contributed by atoms with Crippen LogP contribution in [-0.4, -0.2) is 46.0 Å². The molecule has 17 heavy (non-hydrogen) atoms. The van der Waals surface area contributed by atoms with Gasteiger partial charge in [-0.1, -0.05) is 6.92 Å². The van der Waals surface area contributed by atoms with E-state index in [1.165, 1.54) is 0 Å². The third kappa shape index (κ3) is 6.63. The van der Waals surface area contributed by atoms with Crippen molar-refractivity contribution in [3.05, 3.63) is 0 Å². The molecule has 0 aliphatic heterocycles. The molecule has 0 radical (unpaired) electrons. The van der Waals surface area contributed by atoms with E-state index >= 15 is 0 Å². The number of nitrogens with one attached hydrogen (secondary N) is 2. The Hall–Kier alpha value is -0.620. The van der Waals surface area contributed by atoms with Gasteiger partial charge in [0, 0.05) is 19.3 Å². The molecule has 1 amide bonds. The molecule has 0 atom stereocenters. The number of amides is 1. The highest BCUT2D eigenvalue weighted by molar-refractivity contribution is 7.91. The first-order valence-electron chi connectivity index (χ1n) is 5.88. The average Bonchev–Trinajstić information content (AvgIpc) is 2.27. The summed E-state index contributed by atoms with van der Waals surface area (Å²) >= 11 is 0. The largest absolute Gasteiger partial charge is 0.359 e. The second-order valence-electron chi connectivity index (χ2n) is 4.73. The summed E-state index contributed by atoms with van der Waals surface area (Å²) in [6.07, 6.45) is 0.583. The molecule has 5 nitrogen and oxygen atoms in total. The zero-order chi connectivity index (χ0) is 13.5. The molecule has 0 aliphatic carbocycles. The van der Waals surface area contributed by atoms with Crippen LogP contribution in [0.15, 0.2) is 0 Å². The lowest BCUT2D eigenvalue weighted by Crippen LogP contribution is -2.42. The van der Waals surface area contributed by atoms with Gasteiger partial charge in [0.15, 0.2) is 0 Å². The van der Waals surface area contributed by atoms with Crippen molar-refractivity contribution in [3.8, 4) is 0 Å². The first kappa shape index (κ1) is 16.4. The van der Waals surface area contributed by atoms with Gasteiger partial charge in [-0.15, -0.1) is 0 Å². The van der Waals surface area contributed by atoms with E-state index in [0.29, 0.717) is 19.5 Å². The SMILES string of the molecule is CCS(=O)(=O)CCCNCC(C)(C)C(=O)NC. The predicted molar refractivity (Wildman–Crippen MR) is 69.7 cm³/mol. The van der Waals surface area contributed by atoms with Gasteiger partial charge >= 0.3 is 0 Å². The highest BCUT2D eigenvalue weighted by Gasteiger charge is 2.25. The summed E-state index contributed by atoms with van der Waals surface area (Å²) in [6.45, 7) is 6.50. The first-order chi connectivity index (χ1) is 7.75. The molecule has 0 aromatic carbocycles. The average molecular weight is 264 g/mol. The van der Waals surface area contributed by atoms with Crippen molar-refractivity contribution in [2.24, 2.45) is 5.41 Å². The van der Waals surface area contributed by atoms with Crippen LogP contribution in [0.2, 0.25) is 0 Å². The van der Waals surface area contributed by atoms with Gasteiger partial charge in [0.05, 0.1) is 11.2 Å². The summed E-state index contributed by atoms with van der Waals surface area (Å²) in [6, 6.07) is 0. The molecule has 0 heterocycles. The van der Waals surface area contributed by atoms with Crippen molar-refractivity contribution >= 4 is 15.7 Å². The summed E-state index contributed by atoms with van der Waals surface area (Å²) in [4.78, 5) is 11.5. The molecule has 0 unspecified atom stereocenters. The smallest absolute Gasteiger partial charge is 0.226 e. The normalized spacial score (nSPS) is 12.5. The highest BCUT2D eigenvalue weighted by Crippen LogP contribution is 2.12. The summed E-state index contributed by atoms with van der Waals surface area (Å²) in [5.41, 5.74) is -0.474. The summed E-state index contributed by atoms with van der Waals surface area (Å²) in [5.74, 6) is 0.374. The molecule has 6 heteroatoms. The first-order valence-corrected chi connectivity index (χ1v) is 7.70. The van der Waals surface area contributed by atoms with Crippen LogP contribution in [-0.2, 0) is 14.6 Å². The van der Waals surface area contributed by atoms with Crippen LogP contribution in [0.1, 0.15) is 27.2 Å². The molecule has 0 spiro atoms. The molecule has 0 fully saturated rings. The number of carbonyl (C=O) groups is 1. The maximum absolute atomic E-state index is 11.5. The number of rotatable bonds is 8. The number of carbonyl (C=O) groups excluding carboxylic acids is 1. The van der Waals surface area contributed by atoms with Gasteiger partial charge in [0.25, 0.3) is 0 Å². The van der Waals surface area contributed by atoms with Gasteiger partial charge in [-0.05, 0) is 26.8 Å². The monoisotopic (exact) mass is 264 g/mol. The van der Waals surface area contributed by atoms with Crippen molar-refractivity contribution in [2.45, 2.75) is 27.2 Å². The zero-order valence-electron chi connectivity index (χ0n) is 11.2. The second-order valence-corrected chi connectivity index (χ2v) is 7.20. The zero-order valence-corrected chi connectivity index (χ0v) is 12.0. The van der Waals surface area contributed by atoms with E-state index < -0.39 is 15.3 Å². The summed E-state index contributed by atoms with van der Waals surface area (Å²) in [5, 5.41) is 5.72. The standard InChI is InChI=1S/C11H24N2O3S/c1-5-17(15,16)8-6-7-13-9-11(2,3)10(14)12-4/h13H,5-9H2,1-4H3,(H,12,14). The topological polar surface area (TPSA) is 75.3 Å². The molecule has 2 N–H and O–H groups in total. The minimum atomic E-state index is -2.88. The van der Waals surface area contributed by atoms with E-state index in [0.717, 1.165) is 0 Å². The van der Waals surface area contributed by atoms with E-state index in [2.05, 4.69) is 10.6 Å². The van der Waals surface area contributed by atoms with Gasteiger partial charge in [-0.2, -0.15) is 0 Å². The van der Waals surface area contributed by atoms with Crippen LogP contribution < -0.4 is 10.6 Å². The molecular formula is C11H24N2O3S. The van der Waals surface area contributed by atoms with E-state index in [4.69, 9.17) is 0 Å². The summed E-state index contributed by atoms with van der Waals surface area (Å²) < 4.78 is 22.4. The molecular weight excluding hydrogens is 240 g/mol. The Kier molecular flexibility index (Phi) is 6.70. The third-order valence-corrected chi connectivity index (χ3v) is 4.45. The highest BCUT2D eigenvalue weighted by atomic mass is 32.2. The Morgan fingerprint density at radius 1 is 1.29 bits per heavy atom. The molecule has 0 saturated carbocycles. The Morgan fingerprint density at radius 3 is 2.35 bits per heavy atom. The molecule has 0 aromatic heterocycles. The maximum Gasteiger partial charge on any atom is 0.226 e. The van der Waals surface area contributed by atoms with E-state index in [1.54, 1.807) is 14.0 Å². The number of hydrogen-bond donors (Lipinski definition) is 2. The Bertz CT molecular complexity index is 337. The molecule has 102 valence electrons. The lowest BCUT2D eigenvalue weighted by molar-refractivity contribution is -0.128. The number of hydrogen-bond acceptors (Lipinski definition) is 4. The Balaban J connectivity index is 3.83. The van der Waals surface area contributed by atoms with Gasteiger partial charge < -0.3 is 10.6 Å². The van der Waals surface area contributed by atoms with Crippen molar-refractivity contribution < 1.29 is 13.2 Å². The molecule has 0 aromatic rings. The van der Waals surface area contributed by atoms with Crippen molar-refractivity contribution in [1.82, 2.24) is 10.6 Å². The second kappa shape index (κ2) is 6.96. The molecule has 0 bridgehead atoms. The van der Waals surface area contributed by atoms with Gasteiger partial charge in [-0.3, -0.25) is 4.79 Å².